The van der Waals surface area contributed by atoms with E-state index in [2.05, 4.69) is 66.8 Å². The second-order valence-corrected chi connectivity index (χ2v) is 23.3. The summed E-state index contributed by atoms with van der Waals surface area (Å²) < 4.78 is 29.7. The van der Waals surface area contributed by atoms with Gasteiger partial charge in [-0.1, -0.05) is 93.6 Å². The maximum absolute atomic E-state index is 15.4. The van der Waals surface area contributed by atoms with Gasteiger partial charge in [0.25, 0.3) is 5.91 Å². The van der Waals surface area contributed by atoms with E-state index in [-0.39, 0.29) is 59.7 Å². The summed E-state index contributed by atoms with van der Waals surface area (Å²) >= 11 is 0. The Morgan fingerprint density at radius 3 is 1.98 bits per heavy atom. The molecule has 2 saturated heterocycles. The van der Waals surface area contributed by atoms with Crippen LogP contribution in [0.3, 0.4) is 0 Å². The Labute approximate surface area is 366 Å². The Balaban J connectivity index is 1.30. The topological polar surface area (TPSA) is 177 Å². The quantitative estimate of drug-likeness (QED) is 0.170. The van der Waals surface area contributed by atoms with Gasteiger partial charge >= 0.3 is 10.2 Å². The van der Waals surface area contributed by atoms with E-state index >= 15 is 4.79 Å². The number of carbonyl (C=O) groups excluding carboxylic acids is 5. The zero-order valence-electron chi connectivity index (χ0n) is 38.9. The third-order valence-electron chi connectivity index (χ3n) is 16.9. The van der Waals surface area contributed by atoms with Crippen LogP contribution in [0.2, 0.25) is 0 Å². The fraction of sp³-hybridized carbons (Fsp3) is 0.848. The fourth-order valence-electron chi connectivity index (χ4n) is 12.6. The van der Waals surface area contributed by atoms with E-state index in [1.165, 1.54) is 0 Å². The van der Waals surface area contributed by atoms with Crippen LogP contribution in [0.15, 0.2) is 12.7 Å². The Hall–Kier alpha value is -3.04. The van der Waals surface area contributed by atoms with Crippen LogP contribution in [0.1, 0.15) is 153 Å². The molecule has 61 heavy (non-hydrogen) atoms. The van der Waals surface area contributed by atoms with E-state index in [9.17, 15) is 27.6 Å². The molecule has 15 heteroatoms. The van der Waals surface area contributed by atoms with Crippen LogP contribution in [0.25, 0.3) is 0 Å². The Morgan fingerprint density at radius 2 is 1.48 bits per heavy atom. The van der Waals surface area contributed by atoms with Crippen molar-refractivity contribution in [2.45, 2.75) is 188 Å². The normalized spacial score (nSPS) is 31.2. The van der Waals surface area contributed by atoms with Crippen molar-refractivity contribution in [3.8, 4) is 0 Å². The summed E-state index contributed by atoms with van der Waals surface area (Å²) in [6.45, 7) is 25.1. The molecule has 0 radical (unpaired) electrons. The summed E-state index contributed by atoms with van der Waals surface area (Å²) in [5.74, 6) is -2.80. The van der Waals surface area contributed by atoms with E-state index in [0.29, 0.717) is 13.0 Å². The molecule has 6 aliphatic rings. The van der Waals surface area contributed by atoms with Gasteiger partial charge < -0.3 is 20.9 Å². The lowest BCUT2D eigenvalue weighted by Crippen LogP contribution is -2.65. The summed E-state index contributed by atoms with van der Waals surface area (Å²) in [5, 5.41) is 9.38. The molecule has 344 valence electrons. The monoisotopic (exact) mass is 872 g/mol. The number of hydrogen-bond acceptors (Lipinski definition) is 8. The molecule has 2 heterocycles. The number of likely N-dealkylation sites (tertiary alicyclic amines) is 2. The molecule has 2 aliphatic heterocycles. The number of hydrogen-bond donors (Lipinski definition) is 4. The van der Waals surface area contributed by atoms with Crippen molar-refractivity contribution in [1.82, 2.24) is 34.8 Å². The fourth-order valence-corrected chi connectivity index (χ4v) is 13.8. The van der Waals surface area contributed by atoms with Gasteiger partial charge in [0.05, 0.1) is 6.04 Å². The number of amides is 5. The number of carbonyl (C=O) groups is 5. The molecule has 0 aromatic rings. The molecule has 6 rings (SSSR count). The molecular formula is C46H77N7O7S. The first kappa shape index (κ1) is 47.4. The number of nitrogens with one attached hydrogen (secondary N) is 4. The molecule has 4 aliphatic carbocycles. The molecule has 6 fully saturated rings. The molecule has 2 spiro atoms. The lowest BCUT2D eigenvalue weighted by molar-refractivity contribution is -0.146. The zero-order valence-corrected chi connectivity index (χ0v) is 39.7. The summed E-state index contributed by atoms with van der Waals surface area (Å²) in [7, 11) is -4.18. The minimum Gasteiger partial charge on any atom is -0.342 e. The van der Waals surface area contributed by atoms with E-state index in [1.807, 2.05) is 20.8 Å². The molecular weight excluding hydrogens is 795 g/mol. The molecule has 5 amide bonds. The van der Waals surface area contributed by atoms with Crippen LogP contribution in [-0.2, 0) is 34.2 Å². The minimum absolute atomic E-state index is 0.0296. The first-order valence-corrected chi connectivity index (χ1v) is 24.8. The number of piperidine rings is 1. The summed E-state index contributed by atoms with van der Waals surface area (Å²) in [4.78, 5) is 77.1. The molecule has 0 bridgehead atoms. The summed E-state index contributed by atoms with van der Waals surface area (Å²) in [6.07, 6.45) is 12.3. The molecule has 7 atom stereocenters. The van der Waals surface area contributed by atoms with Crippen LogP contribution in [0.5, 0.6) is 0 Å². The first-order chi connectivity index (χ1) is 28.4. The number of rotatable bonds is 15. The van der Waals surface area contributed by atoms with Gasteiger partial charge in [0, 0.05) is 37.0 Å². The van der Waals surface area contributed by atoms with Gasteiger partial charge in [-0.3, -0.25) is 28.9 Å². The SMILES string of the molecule is C=C[C@@H]1C[C@]1(NC(=O)[C@@H]1C[C@@]2(CN1C(=O)[C@@H](NC(=O)[C@@H](NC(=O)[C@@H]1CCCCN1C(C)C)C1(C)CCCCC1)C(C)(C)C)C(C)(C)C21CCC1)C(=O)NS(=O)(=O)N(CC)CC. The van der Waals surface area contributed by atoms with Crippen molar-refractivity contribution >= 4 is 39.7 Å². The van der Waals surface area contributed by atoms with E-state index in [1.54, 1.807) is 24.8 Å². The van der Waals surface area contributed by atoms with Crippen molar-refractivity contribution in [2.24, 2.45) is 33.0 Å². The lowest BCUT2D eigenvalue weighted by Gasteiger charge is -2.44. The molecule has 0 aromatic heterocycles. The van der Waals surface area contributed by atoms with Crippen LogP contribution in [0.4, 0.5) is 0 Å². The first-order valence-electron chi connectivity index (χ1n) is 23.4. The Bertz CT molecular complexity index is 1850. The minimum atomic E-state index is -4.18. The zero-order chi connectivity index (χ0) is 45.1. The molecule has 0 aromatic carbocycles. The Morgan fingerprint density at radius 1 is 0.836 bits per heavy atom. The lowest BCUT2D eigenvalue weighted by atomic mass is 9.70. The highest BCUT2D eigenvalue weighted by Gasteiger charge is 2.85. The van der Waals surface area contributed by atoms with E-state index in [0.717, 1.165) is 81.5 Å². The van der Waals surface area contributed by atoms with Crippen molar-refractivity contribution < 1.29 is 32.4 Å². The third kappa shape index (κ3) is 8.08. The van der Waals surface area contributed by atoms with Gasteiger partial charge in [0.2, 0.25) is 23.6 Å². The van der Waals surface area contributed by atoms with Gasteiger partial charge in [0.1, 0.15) is 23.7 Å². The highest BCUT2D eigenvalue weighted by atomic mass is 32.2. The standard InChI is InChI=1S/C46H77N7O7S/c1-12-31-27-46(31,40(58)50-61(59,60)51(13-2)14-3)49-37(55)33-28-45(42(9,10)44(45)24-20-25-44)29-53(33)39(57)35(41(6,7)8)48-38(56)34(43(11)22-17-15-18-23-43)47-36(54)32-21-16-19-26-52(32)30(4)5/h12,30-35H,1,13-29H2,2-11H3,(H,47,54)(H,48,56)(H,49,55)(H,50,58)/t31-,32+,33+,34-,35-,45-,46-/m1/s1. The maximum atomic E-state index is 15.4. The third-order valence-corrected chi connectivity index (χ3v) is 18.5. The van der Waals surface area contributed by atoms with E-state index in [4.69, 9.17) is 0 Å². The Kier molecular flexibility index (Phi) is 13.1. The van der Waals surface area contributed by atoms with Crippen molar-refractivity contribution in [3.63, 3.8) is 0 Å². The van der Waals surface area contributed by atoms with Gasteiger partial charge in [-0.2, -0.15) is 12.7 Å². The van der Waals surface area contributed by atoms with Crippen LogP contribution in [0, 0.1) is 33.0 Å². The predicted molar refractivity (Wildman–Crippen MR) is 236 cm³/mol. The largest absolute Gasteiger partial charge is 0.342 e. The predicted octanol–water partition coefficient (Wildman–Crippen LogP) is 4.80. The van der Waals surface area contributed by atoms with E-state index < -0.39 is 68.3 Å². The van der Waals surface area contributed by atoms with Crippen LogP contribution >= 0.6 is 0 Å². The van der Waals surface area contributed by atoms with Crippen LogP contribution < -0.4 is 20.7 Å². The van der Waals surface area contributed by atoms with Crippen molar-refractivity contribution in [3.05, 3.63) is 12.7 Å². The smallest absolute Gasteiger partial charge is 0.303 e. The van der Waals surface area contributed by atoms with Crippen LogP contribution in [-0.4, -0.2) is 114 Å². The average molecular weight is 872 g/mol. The second kappa shape index (κ2) is 16.8. The molecule has 4 saturated carbocycles. The maximum Gasteiger partial charge on any atom is 0.303 e. The highest BCUT2D eigenvalue weighted by molar-refractivity contribution is 7.87. The molecule has 14 nitrogen and oxygen atoms in total. The van der Waals surface area contributed by atoms with Gasteiger partial charge in [0.15, 0.2) is 0 Å². The summed E-state index contributed by atoms with van der Waals surface area (Å²) in [6, 6.07) is -3.05. The average Bonchev–Trinajstić information content (AvgIpc) is 3.90. The highest BCUT2D eigenvalue weighted by Crippen LogP contribution is 2.88. The molecule has 4 N–H and O–H groups in total. The number of nitrogens with zero attached hydrogens (tertiary/aromatic N) is 3. The second-order valence-electron chi connectivity index (χ2n) is 21.7. The van der Waals surface area contributed by atoms with Crippen molar-refractivity contribution in [2.75, 3.05) is 26.2 Å². The van der Waals surface area contributed by atoms with Gasteiger partial charge in [-0.15, -0.1) is 6.58 Å². The molecule has 0 unspecified atom stereocenters. The van der Waals surface area contributed by atoms with Gasteiger partial charge in [-0.05, 0) is 93.4 Å². The summed E-state index contributed by atoms with van der Waals surface area (Å²) in [5.41, 5.74) is -3.39. The van der Waals surface area contributed by atoms with Gasteiger partial charge in [-0.25, -0.2) is 4.72 Å². The van der Waals surface area contributed by atoms with Crippen molar-refractivity contribution in [1.29, 1.82) is 0 Å². The number of fused-ring (bicyclic) bond motifs is 1.